The highest BCUT2D eigenvalue weighted by Crippen LogP contribution is 2.49. The molecule has 2 unspecified atom stereocenters. The first kappa shape index (κ1) is 29.6. The van der Waals surface area contributed by atoms with E-state index in [9.17, 15) is 27.4 Å². The van der Waals surface area contributed by atoms with Gasteiger partial charge in [0.05, 0.1) is 21.7 Å². The number of hydrogen-bond donors (Lipinski definition) is 2. The number of carbonyl (C=O) groups is 1. The highest BCUT2D eigenvalue weighted by Gasteiger charge is 2.63. The van der Waals surface area contributed by atoms with Crippen molar-refractivity contribution in [2.24, 2.45) is 5.16 Å². The molecule has 0 fully saturated rings. The summed E-state index contributed by atoms with van der Waals surface area (Å²) in [5, 5.41) is 14.9. The number of aryl methyl sites for hydroxylation is 1. The molecule has 2 aromatic rings. The molecule has 1 aliphatic carbocycles. The number of alkyl halides is 5. The zero-order valence-corrected chi connectivity index (χ0v) is 23.7. The lowest BCUT2D eigenvalue weighted by Crippen LogP contribution is -2.48. The van der Waals surface area contributed by atoms with Crippen molar-refractivity contribution in [3.8, 4) is 0 Å². The molecule has 216 valence electrons. The summed E-state index contributed by atoms with van der Waals surface area (Å²) in [5.74, 6) is -0.387. The quantitative estimate of drug-likeness (QED) is 0.273. The van der Waals surface area contributed by atoms with Crippen molar-refractivity contribution in [2.75, 3.05) is 0 Å². The molecule has 2 aromatic carbocycles. The molecule has 6 nitrogen and oxygen atoms in total. The molecule has 41 heavy (non-hydrogen) atoms. The number of carbonyl (C=O) groups excluding carboxylic acids is 1. The summed E-state index contributed by atoms with van der Waals surface area (Å²) < 4.78 is 62.6. The van der Waals surface area contributed by atoms with E-state index in [0.29, 0.717) is 22.2 Å². The van der Waals surface area contributed by atoms with Crippen LogP contribution in [0.15, 0.2) is 64.3 Å². The molecule has 13 heteroatoms. The minimum absolute atomic E-state index is 0.00172. The molecule has 5 rings (SSSR count). The van der Waals surface area contributed by atoms with Crippen LogP contribution < -0.4 is 10.8 Å². The van der Waals surface area contributed by atoms with Gasteiger partial charge >= 0.3 is 13.3 Å². The second kappa shape index (κ2) is 10.5. The largest absolute Gasteiger partial charge is 0.492 e. The number of amides is 1. The lowest BCUT2D eigenvalue weighted by molar-refractivity contribution is -0.252. The minimum atomic E-state index is -4.91. The van der Waals surface area contributed by atoms with Crippen LogP contribution in [0.4, 0.5) is 17.6 Å². The number of hydrogen-bond acceptors (Lipinski definition) is 5. The van der Waals surface area contributed by atoms with Crippen molar-refractivity contribution >= 4 is 47.4 Å². The van der Waals surface area contributed by atoms with Gasteiger partial charge in [0.2, 0.25) is 0 Å². The third-order valence-corrected chi connectivity index (χ3v) is 8.19. The van der Waals surface area contributed by atoms with Crippen molar-refractivity contribution in [1.29, 1.82) is 0 Å². The fourth-order valence-corrected chi connectivity index (χ4v) is 5.84. The van der Waals surface area contributed by atoms with Gasteiger partial charge in [-0.05, 0) is 66.7 Å². The maximum absolute atomic E-state index is 14.3. The van der Waals surface area contributed by atoms with Crippen LogP contribution in [0.1, 0.15) is 52.9 Å². The summed E-state index contributed by atoms with van der Waals surface area (Å²) in [6, 6.07) is 10.0. The van der Waals surface area contributed by atoms with Gasteiger partial charge < -0.3 is 19.8 Å². The molecule has 0 aromatic heterocycles. The average Bonchev–Trinajstić information content (AvgIpc) is 3.45. The van der Waals surface area contributed by atoms with Gasteiger partial charge in [-0.25, -0.2) is 4.39 Å². The molecule has 3 aliphatic rings. The van der Waals surface area contributed by atoms with Crippen molar-refractivity contribution in [2.45, 2.75) is 62.7 Å². The van der Waals surface area contributed by atoms with Gasteiger partial charge in [-0.15, -0.1) is 11.6 Å². The summed E-state index contributed by atoms with van der Waals surface area (Å²) in [6.45, 7) is 5.56. The Bertz CT molecular complexity index is 1510. The van der Waals surface area contributed by atoms with Crippen LogP contribution >= 0.6 is 23.2 Å². The van der Waals surface area contributed by atoms with E-state index in [1.807, 2.05) is 26.0 Å². The highest BCUT2D eigenvalue weighted by molar-refractivity contribution is 6.62. The fourth-order valence-electron chi connectivity index (χ4n) is 5.25. The van der Waals surface area contributed by atoms with E-state index >= 15 is 0 Å². The minimum Gasteiger partial charge on any atom is -0.423 e. The van der Waals surface area contributed by atoms with Crippen LogP contribution in [0.25, 0.3) is 0 Å². The fraction of sp³-hybridized carbons (Fsp3) is 0.357. The first-order chi connectivity index (χ1) is 19.1. The molecule has 0 bridgehead atoms. The summed E-state index contributed by atoms with van der Waals surface area (Å²) in [7, 11) is -1.05. The molecule has 0 spiro atoms. The normalized spacial score (nSPS) is 25.2. The summed E-state index contributed by atoms with van der Waals surface area (Å²) in [6.07, 6.45) is -5.61. The van der Waals surface area contributed by atoms with E-state index in [0.717, 1.165) is 23.3 Å². The molecule has 0 radical (unpaired) electrons. The van der Waals surface area contributed by atoms with Crippen LogP contribution in [0.2, 0.25) is 0 Å². The van der Waals surface area contributed by atoms with E-state index in [1.54, 1.807) is 19.1 Å². The van der Waals surface area contributed by atoms with E-state index in [-0.39, 0.29) is 18.2 Å². The Hall–Kier alpha value is -2.86. The molecule has 1 amide bonds. The van der Waals surface area contributed by atoms with Crippen molar-refractivity contribution < 1.29 is 36.9 Å². The zero-order chi connectivity index (χ0) is 29.9. The molecule has 0 saturated carbocycles. The van der Waals surface area contributed by atoms with Gasteiger partial charge in [0.15, 0.2) is 6.17 Å². The molecule has 2 N–H and O–H groups in total. The zero-order valence-electron chi connectivity index (χ0n) is 22.2. The van der Waals surface area contributed by atoms with Crippen LogP contribution in [-0.2, 0) is 21.6 Å². The number of benzene rings is 2. The van der Waals surface area contributed by atoms with Crippen LogP contribution in [0.3, 0.4) is 0 Å². The first-order valence-electron chi connectivity index (χ1n) is 12.7. The lowest BCUT2D eigenvalue weighted by Gasteiger charge is -2.32. The SMILES string of the molecule is Cc1cc(C2=NO[C@](C3=CC(Cl)C(F)C(Cl)=C3)(C(F)(F)F)C2)ccc1C(=O)NCc1ccc2c(c1)B(O)OC2(C)C. The Kier molecular flexibility index (Phi) is 7.55. The number of nitrogens with one attached hydrogen (secondary N) is 1. The maximum atomic E-state index is 14.3. The Labute approximate surface area is 244 Å². The van der Waals surface area contributed by atoms with Gasteiger partial charge in [-0.1, -0.05) is 47.1 Å². The Morgan fingerprint density at radius 3 is 2.63 bits per heavy atom. The Morgan fingerprint density at radius 1 is 1.24 bits per heavy atom. The average molecular weight is 611 g/mol. The predicted octanol–water partition coefficient (Wildman–Crippen LogP) is 5.31. The number of halogens is 6. The number of rotatable bonds is 5. The van der Waals surface area contributed by atoms with E-state index in [2.05, 4.69) is 10.5 Å². The lowest BCUT2D eigenvalue weighted by atomic mass is 9.77. The van der Waals surface area contributed by atoms with Gasteiger partial charge in [0.25, 0.3) is 11.5 Å². The van der Waals surface area contributed by atoms with Crippen molar-refractivity contribution in [1.82, 2.24) is 5.32 Å². The van der Waals surface area contributed by atoms with Crippen molar-refractivity contribution in [3.05, 3.63) is 87.0 Å². The number of allylic oxidation sites excluding steroid dienone is 2. The van der Waals surface area contributed by atoms with E-state index in [4.69, 9.17) is 32.7 Å². The number of oxime groups is 1. The molecule has 2 aliphatic heterocycles. The molecule has 3 atom stereocenters. The second-order valence-corrected chi connectivity index (χ2v) is 11.7. The third-order valence-electron chi connectivity index (χ3n) is 7.52. The third kappa shape index (κ3) is 5.29. The molecular weight excluding hydrogens is 586 g/mol. The highest BCUT2D eigenvalue weighted by atomic mass is 35.5. The van der Waals surface area contributed by atoms with E-state index < -0.39 is 53.1 Å². The van der Waals surface area contributed by atoms with Crippen LogP contribution in [0.5, 0.6) is 0 Å². The van der Waals surface area contributed by atoms with Crippen LogP contribution in [0, 0.1) is 6.92 Å². The maximum Gasteiger partial charge on any atom is 0.492 e. The second-order valence-electron chi connectivity index (χ2n) is 10.7. The van der Waals surface area contributed by atoms with Crippen LogP contribution in [-0.4, -0.2) is 47.1 Å². The van der Waals surface area contributed by atoms with E-state index in [1.165, 1.54) is 12.1 Å². The topological polar surface area (TPSA) is 80.2 Å². The van der Waals surface area contributed by atoms with Gasteiger partial charge in [-0.3, -0.25) is 4.79 Å². The Balaban J connectivity index is 1.31. The van der Waals surface area contributed by atoms with Crippen molar-refractivity contribution in [3.63, 3.8) is 0 Å². The summed E-state index contributed by atoms with van der Waals surface area (Å²) in [4.78, 5) is 17.9. The molecular formula is C28H25BCl2F4N2O4. The summed E-state index contributed by atoms with van der Waals surface area (Å²) >= 11 is 11.7. The van der Waals surface area contributed by atoms with Gasteiger partial charge in [0, 0.05) is 24.1 Å². The molecule has 2 heterocycles. The monoisotopic (exact) mass is 610 g/mol. The Morgan fingerprint density at radius 2 is 1.98 bits per heavy atom. The number of fused-ring (bicyclic) bond motifs is 1. The first-order valence-corrected chi connectivity index (χ1v) is 13.5. The smallest absolute Gasteiger partial charge is 0.423 e. The molecule has 0 saturated heterocycles. The number of nitrogens with zero attached hydrogens (tertiary/aromatic N) is 1. The predicted molar refractivity (Wildman–Crippen MR) is 148 cm³/mol. The van der Waals surface area contributed by atoms with Gasteiger partial charge in [-0.2, -0.15) is 13.2 Å². The van der Waals surface area contributed by atoms with Gasteiger partial charge in [0.1, 0.15) is 0 Å². The summed E-state index contributed by atoms with van der Waals surface area (Å²) in [5.41, 5.74) is -0.499. The standard InChI is InChI=1S/C28H25BCl2F4N2O4/c1-14-8-16(23-12-27(41-37-23,28(33,34)35)17-10-21(30)24(32)22(31)11-17)5-6-18(14)25(38)36-13-15-4-7-19-20(9-15)29(39)40-26(19,2)3/h4-11,21,24,39H,12-13H2,1-3H3,(H,36,38)/t21?,24?,27-/m1/s1.